The molecule has 1 spiro atoms. The van der Waals surface area contributed by atoms with Crippen LogP contribution in [0.5, 0.6) is 0 Å². The van der Waals surface area contributed by atoms with Crippen LogP contribution in [-0.2, 0) is 14.4 Å². The summed E-state index contributed by atoms with van der Waals surface area (Å²) in [5, 5.41) is 2.74. The Hall–Kier alpha value is -2.12. The van der Waals surface area contributed by atoms with Gasteiger partial charge in [-0.2, -0.15) is 0 Å². The van der Waals surface area contributed by atoms with Crippen LogP contribution in [0.1, 0.15) is 39.5 Å². The molecule has 5 amide bonds. The fourth-order valence-electron chi connectivity index (χ4n) is 3.36. The predicted octanol–water partition coefficient (Wildman–Crippen LogP) is 0.178. The minimum absolute atomic E-state index is 0.0602. The molecular weight excluding hydrogens is 312 g/mol. The quantitative estimate of drug-likeness (QED) is 0.700. The first kappa shape index (κ1) is 18.2. The van der Waals surface area contributed by atoms with Crippen LogP contribution in [0.2, 0.25) is 0 Å². The van der Waals surface area contributed by atoms with Gasteiger partial charge in [0, 0.05) is 20.1 Å². The zero-order valence-corrected chi connectivity index (χ0v) is 14.6. The summed E-state index contributed by atoms with van der Waals surface area (Å²) in [4.78, 5) is 52.8. The van der Waals surface area contributed by atoms with E-state index >= 15 is 0 Å². The second-order valence-electron chi connectivity index (χ2n) is 6.43. The Balaban J connectivity index is 1.95. The summed E-state index contributed by atoms with van der Waals surface area (Å²) in [7, 11) is 1.51. The molecule has 2 aliphatic rings. The van der Waals surface area contributed by atoms with Crippen LogP contribution in [0.15, 0.2) is 0 Å². The Morgan fingerprint density at radius 1 is 1.12 bits per heavy atom. The van der Waals surface area contributed by atoms with Gasteiger partial charge in [0.1, 0.15) is 12.1 Å². The highest BCUT2D eigenvalue weighted by molar-refractivity contribution is 6.09. The van der Waals surface area contributed by atoms with Crippen LogP contribution < -0.4 is 5.32 Å². The zero-order valence-electron chi connectivity index (χ0n) is 14.6. The maximum atomic E-state index is 12.5. The largest absolute Gasteiger partial charge is 0.342 e. The number of likely N-dealkylation sites (N-methyl/N-ethyl adjacent to an activating group) is 2. The summed E-state index contributed by atoms with van der Waals surface area (Å²) in [6.45, 7) is 4.51. The molecule has 134 valence electrons. The van der Waals surface area contributed by atoms with Gasteiger partial charge >= 0.3 is 6.03 Å². The van der Waals surface area contributed by atoms with Crippen LogP contribution in [-0.4, -0.2) is 77.2 Å². The van der Waals surface area contributed by atoms with E-state index in [0.717, 1.165) is 17.7 Å². The predicted molar refractivity (Wildman–Crippen MR) is 87.0 cm³/mol. The number of carbonyl (C=O) groups excluding carboxylic acids is 4. The van der Waals surface area contributed by atoms with E-state index in [9.17, 15) is 19.2 Å². The van der Waals surface area contributed by atoms with Gasteiger partial charge < -0.3 is 15.1 Å². The van der Waals surface area contributed by atoms with E-state index in [1.54, 1.807) is 4.90 Å². The lowest BCUT2D eigenvalue weighted by molar-refractivity contribution is -0.141. The summed E-state index contributed by atoms with van der Waals surface area (Å²) in [5.74, 6) is -0.892. The van der Waals surface area contributed by atoms with Gasteiger partial charge in [0.15, 0.2) is 0 Å². The van der Waals surface area contributed by atoms with E-state index in [2.05, 4.69) is 5.32 Å². The Bertz CT molecular complexity index is 538. The van der Waals surface area contributed by atoms with Crippen molar-refractivity contribution in [1.82, 2.24) is 20.0 Å². The lowest BCUT2D eigenvalue weighted by Gasteiger charge is -2.24. The Morgan fingerprint density at radius 2 is 1.71 bits per heavy atom. The lowest BCUT2D eigenvalue weighted by atomic mass is 9.98. The molecule has 0 aromatic carbocycles. The Kier molecular flexibility index (Phi) is 5.46. The van der Waals surface area contributed by atoms with Gasteiger partial charge in [0.25, 0.3) is 5.91 Å². The van der Waals surface area contributed by atoms with E-state index in [-0.39, 0.29) is 24.9 Å². The van der Waals surface area contributed by atoms with Gasteiger partial charge in [-0.3, -0.25) is 19.3 Å². The fraction of sp³-hybridized carbons (Fsp3) is 0.750. The van der Waals surface area contributed by atoms with E-state index in [0.29, 0.717) is 25.9 Å². The topological polar surface area (TPSA) is 90.0 Å². The molecule has 1 saturated heterocycles. The lowest BCUT2D eigenvalue weighted by Crippen LogP contribution is -2.47. The minimum Gasteiger partial charge on any atom is -0.342 e. The van der Waals surface area contributed by atoms with E-state index in [1.807, 2.05) is 13.8 Å². The van der Waals surface area contributed by atoms with Crippen molar-refractivity contribution in [2.24, 2.45) is 0 Å². The number of carbonyl (C=O) groups is 4. The normalized spacial score (nSPS) is 18.9. The second kappa shape index (κ2) is 7.19. The smallest absolute Gasteiger partial charge is 0.325 e. The van der Waals surface area contributed by atoms with E-state index in [4.69, 9.17) is 0 Å². The first-order chi connectivity index (χ1) is 11.3. The highest BCUT2D eigenvalue weighted by Gasteiger charge is 2.52. The minimum atomic E-state index is -0.813. The number of urea groups is 1. The maximum absolute atomic E-state index is 12.5. The molecule has 0 unspecified atom stereocenters. The third-order valence-corrected chi connectivity index (χ3v) is 4.91. The molecule has 1 aliphatic heterocycles. The molecule has 1 saturated carbocycles. The number of rotatable bonds is 6. The molecule has 0 aromatic heterocycles. The number of nitrogens with zero attached hydrogens (tertiary/aromatic N) is 3. The van der Waals surface area contributed by atoms with E-state index in [1.165, 1.54) is 11.9 Å². The molecule has 0 aromatic rings. The van der Waals surface area contributed by atoms with Crippen LogP contribution in [0.4, 0.5) is 4.79 Å². The maximum Gasteiger partial charge on any atom is 0.325 e. The molecule has 2 fully saturated rings. The Labute approximate surface area is 142 Å². The van der Waals surface area contributed by atoms with Crippen molar-refractivity contribution >= 4 is 23.8 Å². The third-order valence-electron chi connectivity index (χ3n) is 4.91. The summed E-state index contributed by atoms with van der Waals surface area (Å²) >= 11 is 0. The van der Waals surface area contributed by atoms with Gasteiger partial charge in [-0.25, -0.2) is 4.79 Å². The number of hydrogen-bond acceptors (Lipinski definition) is 4. The van der Waals surface area contributed by atoms with Crippen molar-refractivity contribution in [2.75, 3.05) is 33.2 Å². The number of nitrogens with one attached hydrogen (secondary N) is 1. The van der Waals surface area contributed by atoms with Crippen molar-refractivity contribution in [3.63, 3.8) is 0 Å². The van der Waals surface area contributed by atoms with Gasteiger partial charge in [-0.05, 0) is 26.7 Å². The van der Waals surface area contributed by atoms with Crippen molar-refractivity contribution in [3.05, 3.63) is 0 Å². The van der Waals surface area contributed by atoms with Crippen molar-refractivity contribution in [3.8, 4) is 0 Å². The molecule has 0 radical (unpaired) electrons. The van der Waals surface area contributed by atoms with Crippen molar-refractivity contribution in [1.29, 1.82) is 0 Å². The first-order valence-electron chi connectivity index (χ1n) is 8.50. The molecule has 0 bridgehead atoms. The molecule has 1 N–H and O–H groups in total. The number of hydrogen-bond donors (Lipinski definition) is 1. The molecule has 1 heterocycles. The SMILES string of the molecule is CCN(CC)C(=O)CN(C)C(=O)CN1C(=O)NC2(CCCC2)C1=O. The molecule has 24 heavy (non-hydrogen) atoms. The molecule has 0 atom stereocenters. The van der Waals surface area contributed by atoms with Crippen molar-refractivity contribution in [2.45, 2.75) is 45.1 Å². The summed E-state index contributed by atoms with van der Waals surface area (Å²) < 4.78 is 0. The van der Waals surface area contributed by atoms with Crippen LogP contribution >= 0.6 is 0 Å². The molecule has 2 rings (SSSR count). The Morgan fingerprint density at radius 3 is 2.25 bits per heavy atom. The number of imide groups is 1. The summed E-state index contributed by atoms with van der Waals surface area (Å²) in [6.07, 6.45) is 3.04. The summed E-state index contributed by atoms with van der Waals surface area (Å²) in [6, 6.07) is -0.515. The molecular formula is C16H26N4O4. The first-order valence-corrected chi connectivity index (χ1v) is 8.50. The standard InChI is InChI=1S/C16H26N4O4/c1-4-19(5-2)13(22)10-18(3)12(21)11-20-14(23)16(17-15(20)24)8-6-7-9-16/h4-11H2,1-3H3,(H,17,24). The molecule has 8 heteroatoms. The average Bonchev–Trinajstić information content (AvgIpc) is 3.09. The second-order valence-corrected chi connectivity index (χ2v) is 6.43. The number of amides is 5. The zero-order chi connectivity index (χ0) is 17.9. The van der Waals surface area contributed by atoms with E-state index < -0.39 is 17.5 Å². The van der Waals surface area contributed by atoms with Crippen LogP contribution in [0.25, 0.3) is 0 Å². The van der Waals surface area contributed by atoms with Crippen LogP contribution in [0.3, 0.4) is 0 Å². The third kappa shape index (κ3) is 3.37. The van der Waals surface area contributed by atoms with Gasteiger partial charge in [-0.1, -0.05) is 12.8 Å². The van der Waals surface area contributed by atoms with Crippen molar-refractivity contribution < 1.29 is 19.2 Å². The molecule has 1 aliphatic carbocycles. The molecule has 8 nitrogen and oxygen atoms in total. The highest BCUT2D eigenvalue weighted by atomic mass is 16.2. The monoisotopic (exact) mass is 338 g/mol. The van der Waals surface area contributed by atoms with Gasteiger partial charge in [-0.15, -0.1) is 0 Å². The van der Waals surface area contributed by atoms with Crippen LogP contribution in [0, 0.1) is 0 Å². The van der Waals surface area contributed by atoms with Gasteiger partial charge in [0.2, 0.25) is 11.8 Å². The fourth-order valence-corrected chi connectivity index (χ4v) is 3.36. The highest BCUT2D eigenvalue weighted by Crippen LogP contribution is 2.34. The van der Waals surface area contributed by atoms with Gasteiger partial charge in [0.05, 0.1) is 6.54 Å². The average molecular weight is 338 g/mol. The summed E-state index contributed by atoms with van der Waals surface area (Å²) in [5.41, 5.74) is -0.813.